The van der Waals surface area contributed by atoms with Crippen LogP contribution in [0.2, 0.25) is 0 Å². The highest BCUT2D eigenvalue weighted by Crippen LogP contribution is 2.27. The van der Waals surface area contributed by atoms with Gasteiger partial charge in [-0.15, -0.1) is 0 Å². The highest BCUT2D eigenvalue weighted by atomic mass is 16.5. The van der Waals surface area contributed by atoms with Gasteiger partial charge in [-0.3, -0.25) is 0 Å². The van der Waals surface area contributed by atoms with Gasteiger partial charge < -0.3 is 9.42 Å². The SMILES string of the molecule is CCC(C)CN(C)c1ncccc1-c1nc(C)no1. The number of hydrogen-bond donors (Lipinski definition) is 0. The lowest BCUT2D eigenvalue weighted by Crippen LogP contribution is -2.25. The van der Waals surface area contributed by atoms with Crippen molar-refractivity contribution in [2.24, 2.45) is 5.92 Å². The van der Waals surface area contributed by atoms with E-state index >= 15 is 0 Å². The molecule has 2 rings (SSSR count). The topological polar surface area (TPSA) is 55.1 Å². The third kappa shape index (κ3) is 3.10. The molecule has 102 valence electrons. The molecule has 0 radical (unpaired) electrons. The molecule has 2 aromatic heterocycles. The summed E-state index contributed by atoms with van der Waals surface area (Å²) in [4.78, 5) is 10.9. The third-order valence-electron chi connectivity index (χ3n) is 3.19. The molecule has 0 aliphatic rings. The van der Waals surface area contributed by atoms with E-state index in [0.717, 1.165) is 24.3 Å². The number of aryl methyl sites for hydroxylation is 1. The molecule has 0 bridgehead atoms. The number of anilines is 1. The van der Waals surface area contributed by atoms with Crippen molar-refractivity contribution in [3.8, 4) is 11.5 Å². The van der Waals surface area contributed by atoms with Gasteiger partial charge in [0.2, 0.25) is 0 Å². The Bertz CT molecular complexity index is 538. The fourth-order valence-electron chi connectivity index (χ4n) is 1.96. The fourth-order valence-corrected chi connectivity index (χ4v) is 1.96. The molecule has 1 unspecified atom stereocenters. The average Bonchev–Trinajstić information content (AvgIpc) is 2.85. The van der Waals surface area contributed by atoms with E-state index in [9.17, 15) is 0 Å². The van der Waals surface area contributed by atoms with Gasteiger partial charge in [0.1, 0.15) is 5.82 Å². The number of nitrogens with zero attached hydrogens (tertiary/aromatic N) is 4. The summed E-state index contributed by atoms with van der Waals surface area (Å²) < 4.78 is 5.24. The van der Waals surface area contributed by atoms with Gasteiger partial charge in [-0.25, -0.2) is 4.98 Å². The minimum atomic E-state index is 0.525. The predicted octanol–water partition coefficient (Wildman–Crippen LogP) is 2.92. The fraction of sp³-hybridized carbons (Fsp3) is 0.500. The Balaban J connectivity index is 2.30. The maximum absolute atomic E-state index is 5.24. The van der Waals surface area contributed by atoms with Gasteiger partial charge in [0.25, 0.3) is 5.89 Å². The molecule has 1 atom stereocenters. The highest BCUT2D eigenvalue weighted by Gasteiger charge is 2.16. The molecule has 2 heterocycles. The summed E-state index contributed by atoms with van der Waals surface area (Å²) in [6, 6.07) is 3.85. The van der Waals surface area contributed by atoms with Crippen molar-refractivity contribution in [1.82, 2.24) is 15.1 Å². The van der Waals surface area contributed by atoms with Crippen LogP contribution in [0.15, 0.2) is 22.9 Å². The second-order valence-corrected chi connectivity index (χ2v) is 4.92. The van der Waals surface area contributed by atoms with Gasteiger partial charge in [0, 0.05) is 19.8 Å². The maximum Gasteiger partial charge on any atom is 0.261 e. The first kappa shape index (κ1) is 13.5. The molecule has 0 saturated carbocycles. The Hall–Kier alpha value is -1.91. The van der Waals surface area contributed by atoms with Crippen molar-refractivity contribution >= 4 is 5.82 Å². The zero-order valence-corrected chi connectivity index (χ0v) is 11.9. The summed E-state index contributed by atoms with van der Waals surface area (Å²) in [5.41, 5.74) is 0.883. The molecular weight excluding hydrogens is 240 g/mol. The normalized spacial score (nSPS) is 12.4. The lowest BCUT2D eigenvalue weighted by atomic mass is 10.1. The van der Waals surface area contributed by atoms with E-state index in [0.29, 0.717) is 17.6 Å². The van der Waals surface area contributed by atoms with Crippen LogP contribution in [0.5, 0.6) is 0 Å². The van der Waals surface area contributed by atoms with Crippen LogP contribution in [-0.2, 0) is 0 Å². The summed E-state index contributed by atoms with van der Waals surface area (Å²) in [5, 5.41) is 3.84. The first-order chi connectivity index (χ1) is 9.11. The van der Waals surface area contributed by atoms with E-state index in [1.165, 1.54) is 0 Å². The second kappa shape index (κ2) is 5.82. The van der Waals surface area contributed by atoms with Crippen LogP contribution in [0.4, 0.5) is 5.82 Å². The van der Waals surface area contributed by atoms with Gasteiger partial charge in [-0.2, -0.15) is 4.98 Å². The van der Waals surface area contributed by atoms with E-state index in [4.69, 9.17) is 4.52 Å². The van der Waals surface area contributed by atoms with Crippen LogP contribution >= 0.6 is 0 Å². The zero-order chi connectivity index (χ0) is 13.8. The summed E-state index contributed by atoms with van der Waals surface area (Å²) in [7, 11) is 2.04. The lowest BCUT2D eigenvalue weighted by molar-refractivity contribution is 0.425. The number of pyridine rings is 1. The standard InChI is InChI=1S/C14H20N4O/c1-5-10(2)9-18(4)13-12(7-6-8-15-13)14-16-11(3)17-19-14/h6-8,10H,5,9H2,1-4H3. The molecule has 2 aromatic rings. The Morgan fingerprint density at radius 3 is 2.84 bits per heavy atom. The quantitative estimate of drug-likeness (QED) is 0.827. The van der Waals surface area contributed by atoms with Crippen LogP contribution in [-0.4, -0.2) is 28.7 Å². The van der Waals surface area contributed by atoms with Gasteiger partial charge in [-0.05, 0) is 25.0 Å². The summed E-state index contributed by atoms with van der Waals surface area (Å²) >= 11 is 0. The van der Waals surface area contributed by atoms with E-state index in [-0.39, 0.29) is 0 Å². The Kier molecular flexibility index (Phi) is 4.14. The average molecular weight is 260 g/mol. The van der Waals surface area contributed by atoms with Crippen molar-refractivity contribution in [2.45, 2.75) is 27.2 Å². The van der Waals surface area contributed by atoms with E-state index in [1.54, 1.807) is 6.20 Å². The molecule has 0 saturated heterocycles. The van der Waals surface area contributed by atoms with Crippen molar-refractivity contribution in [3.05, 3.63) is 24.2 Å². The van der Waals surface area contributed by atoms with Crippen LogP contribution in [0.3, 0.4) is 0 Å². The molecule has 0 amide bonds. The van der Waals surface area contributed by atoms with Crippen LogP contribution in [0, 0.1) is 12.8 Å². The molecule has 19 heavy (non-hydrogen) atoms. The Morgan fingerprint density at radius 1 is 1.42 bits per heavy atom. The smallest absolute Gasteiger partial charge is 0.261 e. The van der Waals surface area contributed by atoms with Gasteiger partial charge >= 0.3 is 0 Å². The maximum atomic E-state index is 5.24. The van der Waals surface area contributed by atoms with E-state index < -0.39 is 0 Å². The first-order valence-corrected chi connectivity index (χ1v) is 6.58. The van der Waals surface area contributed by atoms with E-state index in [1.807, 2.05) is 26.1 Å². The summed E-state index contributed by atoms with van der Waals surface area (Å²) in [6.07, 6.45) is 2.93. The van der Waals surface area contributed by atoms with Gasteiger partial charge in [0.05, 0.1) is 5.56 Å². The molecule has 0 aliphatic heterocycles. The number of aromatic nitrogens is 3. The Labute approximate surface area is 113 Å². The summed E-state index contributed by atoms with van der Waals surface area (Å²) in [6.45, 7) is 7.19. The monoisotopic (exact) mass is 260 g/mol. The largest absolute Gasteiger partial charge is 0.359 e. The molecule has 0 fully saturated rings. The molecule has 0 N–H and O–H groups in total. The van der Waals surface area contributed by atoms with Crippen molar-refractivity contribution in [2.75, 3.05) is 18.5 Å². The highest BCUT2D eigenvalue weighted by molar-refractivity contribution is 5.69. The van der Waals surface area contributed by atoms with Crippen molar-refractivity contribution in [1.29, 1.82) is 0 Å². The van der Waals surface area contributed by atoms with Crippen molar-refractivity contribution in [3.63, 3.8) is 0 Å². The minimum Gasteiger partial charge on any atom is -0.359 e. The van der Waals surface area contributed by atoms with Crippen molar-refractivity contribution < 1.29 is 4.52 Å². The number of hydrogen-bond acceptors (Lipinski definition) is 5. The van der Waals surface area contributed by atoms with Crippen LogP contribution < -0.4 is 4.90 Å². The molecule has 5 heteroatoms. The third-order valence-corrected chi connectivity index (χ3v) is 3.19. The second-order valence-electron chi connectivity index (χ2n) is 4.92. The zero-order valence-electron chi connectivity index (χ0n) is 11.9. The Morgan fingerprint density at radius 2 is 2.21 bits per heavy atom. The molecule has 5 nitrogen and oxygen atoms in total. The lowest BCUT2D eigenvalue weighted by Gasteiger charge is -2.23. The first-order valence-electron chi connectivity index (χ1n) is 6.58. The molecule has 0 spiro atoms. The van der Waals surface area contributed by atoms with Gasteiger partial charge in [-0.1, -0.05) is 25.4 Å². The summed E-state index contributed by atoms with van der Waals surface area (Å²) in [5.74, 6) is 2.65. The molecular formula is C14H20N4O. The van der Waals surface area contributed by atoms with E-state index in [2.05, 4.69) is 33.9 Å². The molecule has 0 aliphatic carbocycles. The molecule has 0 aromatic carbocycles. The van der Waals surface area contributed by atoms with Crippen LogP contribution in [0.25, 0.3) is 11.5 Å². The van der Waals surface area contributed by atoms with Crippen LogP contribution in [0.1, 0.15) is 26.1 Å². The minimum absolute atomic E-state index is 0.525. The van der Waals surface area contributed by atoms with Gasteiger partial charge in [0.15, 0.2) is 5.82 Å². The number of rotatable bonds is 5. The predicted molar refractivity (Wildman–Crippen MR) is 75.0 cm³/mol.